The highest BCUT2D eigenvalue weighted by Gasteiger charge is 2.69. The van der Waals surface area contributed by atoms with Crippen LogP contribution in [0.3, 0.4) is 0 Å². The molecule has 1 saturated carbocycles. The van der Waals surface area contributed by atoms with E-state index in [0.29, 0.717) is 17.8 Å². The third kappa shape index (κ3) is 2.76. The van der Waals surface area contributed by atoms with Crippen LogP contribution >= 0.6 is 0 Å². The van der Waals surface area contributed by atoms with Crippen molar-refractivity contribution in [3.8, 4) is 11.5 Å². The lowest BCUT2D eigenvalue weighted by Crippen LogP contribution is -2.69. The number of ether oxygens (including phenoxy) is 4. The normalized spacial score (nSPS) is 46.0. The van der Waals surface area contributed by atoms with E-state index in [1.807, 2.05) is 25.1 Å². The van der Waals surface area contributed by atoms with E-state index in [4.69, 9.17) is 28.7 Å². The standard InChI is InChI=1S/C23H32O6/c1-13-6-9-18-14(2)20(16-8-7-15(24-4)12-19(16)25-5)26-21-23(18)17(13)10-11-22(3,27-21)28-29-23/h7-8,12-14,17-18,20-21H,6,9-11H2,1-5H3/t13-,14-,17+,18+,20-,21-,22?,23-/m1/s1. The predicted molar refractivity (Wildman–Crippen MR) is 105 cm³/mol. The van der Waals surface area contributed by atoms with Gasteiger partial charge in [0, 0.05) is 24.0 Å². The molecule has 4 saturated heterocycles. The van der Waals surface area contributed by atoms with Crippen molar-refractivity contribution in [1.29, 1.82) is 0 Å². The minimum atomic E-state index is -0.757. The summed E-state index contributed by atoms with van der Waals surface area (Å²) >= 11 is 0. The van der Waals surface area contributed by atoms with Crippen LogP contribution in [0.1, 0.15) is 58.1 Å². The van der Waals surface area contributed by atoms with Gasteiger partial charge >= 0.3 is 0 Å². The van der Waals surface area contributed by atoms with E-state index < -0.39 is 17.7 Å². The molecule has 1 unspecified atom stereocenters. The minimum absolute atomic E-state index is 0.142. The highest BCUT2D eigenvalue weighted by molar-refractivity contribution is 5.42. The van der Waals surface area contributed by atoms with Crippen LogP contribution in [-0.4, -0.2) is 31.9 Å². The van der Waals surface area contributed by atoms with Crippen molar-refractivity contribution < 1.29 is 28.7 Å². The number of rotatable bonds is 3. The van der Waals surface area contributed by atoms with Gasteiger partial charge in [0.1, 0.15) is 11.5 Å². The summed E-state index contributed by atoms with van der Waals surface area (Å²) in [5, 5.41) is 0. The van der Waals surface area contributed by atoms with Crippen LogP contribution in [0, 0.1) is 23.7 Å². The average Bonchev–Trinajstić information content (AvgIpc) is 2.96. The van der Waals surface area contributed by atoms with Crippen molar-refractivity contribution in [3.05, 3.63) is 23.8 Å². The van der Waals surface area contributed by atoms with Crippen molar-refractivity contribution in [3.63, 3.8) is 0 Å². The van der Waals surface area contributed by atoms with E-state index in [0.717, 1.165) is 36.3 Å². The van der Waals surface area contributed by atoms with Gasteiger partial charge in [0.05, 0.1) is 20.3 Å². The second kappa shape index (κ2) is 6.84. The van der Waals surface area contributed by atoms with Gasteiger partial charge in [-0.15, -0.1) is 0 Å². The highest BCUT2D eigenvalue weighted by atomic mass is 17.3. The van der Waals surface area contributed by atoms with E-state index in [1.165, 1.54) is 6.42 Å². The maximum absolute atomic E-state index is 6.71. The van der Waals surface area contributed by atoms with E-state index >= 15 is 0 Å². The zero-order valence-corrected chi connectivity index (χ0v) is 18.0. The Balaban J connectivity index is 1.57. The molecule has 0 N–H and O–H groups in total. The molecule has 0 aromatic heterocycles. The van der Waals surface area contributed by atoms with Gasteiger partial charge in [0.15, 0.2) is 11.9 Å². The Labute approximate surface area is 172 Å². The number of hydrogen-bond donors (Lipinski definition) is 0. The number of hydrogen-bond acceptors (Lipinski definition) is 6. The van der Waals surface area contributed by atoms with Crippen molar-refractivity contribution in [2.75, 3.05) is 14.2 Å². The van der Waals surface area contributed by atoms with Crippen molar-refractivity contribution in [2.45, 2.75) is 70.2 Å². The lowest BCUT2D eigenvalue weighted by Gasteiger charge is -2.60. The number of methoxy groups -OCH3 is 2. The Hall–Kier alpha value is -1.34. The number of benzene rings is 1. The van der Waals surface area contributed by atoms with Gasteiger partial charge in [-0.25, -0.2) is 9.78 Å². The second-order valence-electron chi connectivity index (χ2n) is 9.43. The van der Waals surface area contributed by atoms with Gasteiger partial charge in [-0.2, -0.15) is 0 Å². The maximum atomic E-state index is 6.71. The Morgan fingerprint density at radius 3 is 2.59 bits per heavy atom. The van der Waals surface area contributed by atoms with Crippen molar-refractivity contribution in [1.82, 2.24) is 0 Å². The molecular formula is C23H32O6. The third-order valence-corrected chi connectivity index (χ3v) is 7.91. The second-order valence-corrected chi connectivity index (χ2v) is 9.43. The molecule has 2 bridgehead atoms. The van der Waals surface area contributed by atoms with Crippen LogP contribution in [0.25, 0.3) is 0 Å². The molecule has 6 rings (SSSR count). The van der Waals surface area contributed by atoms with E-state index in [-0.39, 0.29) is 12.0 Å². The summed E-state index contributed by atoms with van der Waals surface area (Å²) in [5.74, 6) is 2.25. The molecule has 160 valence electrons. The molecule has 1 aromatic carbocycles. The molecule has 1 spiro atoms. The maximum Gasteiger partial charge on any atom is 0.201 e. The molecule has 1 aromatic rings. The topological polar surface area (TPSA) is 55.4 Å². The van der Waals surface area contributed by atoms with Gasteiger partial charge in [0.25, 0.3) is 0 Å². The molecule has 4 heterocycles. The summed E-state index contributed by atoms with van der Waals surface area (Å²) in [6, 6.07) is 5.93. The van der Waals surface area contributed by atoms with Crippen molar-refractivity contribution >= 4 is 0 Å². The van der Waals surface area contributed by atoms with E-state index in [9.17, 15) is 0 Å². The van der Waals surface area contributed by atoms with Gasteiger partial charge in [-0.3, -0.25) is 0 Å². The summed E-state index contributed by atoms with van der Waals surface area (Å²) in [7, 11) is 3.35. The van der Waals surface area contributed by atoms with Gasteiger partial charge in [0.2, 0.25) is 5.79 Å². The zero-order chi connectivity index (χ0) is 20.4. The Kier molecular flexibility index (Phi) is 4.63. The van der Waals surface area contributed by atoms with Crippen LogP contribution in [-0.2, 0) is 19.2 Å². The van der Waals surface area contributed by atoms with E-state index in [2.05, 4.69) is 13.8 Å². The lowest BCUT2D eigenvalue weighted by atomic mass is 9.57. The summed E-state index contributed by atoms with van der Waals surface area (Å²) in [5.41, 5.74) is 0.490. The molecule has 6 heteroatoms. The first kappa shape index (κ1) is 19.6. The first-order valence-corrected chi connectivity index (χ1v) is 10.8. The van der Waals surface area contributed by atoms with Crippen LogP contribution in [0.2, 0.25) is 0 Å². The monoisotopic (exact) mass is 404 g/mol. The molecule has 5 aliphatic rings. The van der Waals surface area contributed by atoms with Crippen LogP contribution in [0.5, 0.6) is 11.5 Å². The first-order valence-electron chi connectivity index (χ1n) is 10.8. The minimum Gasteiger partial charge on any atom is -0.497 e. The molecule has 5 fully saturated rings. The molecule has 6 nitrogen and oxygen atoms in total. The summed E-state index contributed by atoms with van der Waals surface area (Å²) in [6.45, 7) is 6.56. The molecule has 1 aliphatic carbocycles. The Morgan fingerprint density at radius 1 is 1.00 bits per heavy atom. The average molecular weight is 405 g/mol. The van der Waals surface area contributed by atoms with Crippen LogP contribution in [0.4, 0.5) is 0 Å². The van der Waals surface area contributed by atoms with Gasteiger partial charge in [-0.1, -0.05) is 13.8 Å². The third-order valence-electron chi connectivity index (χ3n) is 7.91. The SMILES string of the molecule is COc1ccc([C@@H]2O[C@@H]3OC4(C)CC[C@H]5[C@H](C)CC[C@@H]([C@H]2C)[C@@]35OO4)c(OC)c1. The summed E-state index contributed by atoms with van der Waals surface area (Å²) < 4.78 is 24.2. The first-order chi connectivity index (χ1) is 13.9. The quantitative estimate of drug-likeness (QED) is 0.685. The Bertz CT molecular complexity index is 783. The predicted octanol–water partition coefficient (Wildman–Crippen LogP) is 4.63. The fourth-order valence-electron chi connectivity index (χ4n) is 6.31. The molecule has 8 atom stereocenters. The van der Waals surface area contributed by atoms with Gasteiger partial charge < -0.3 is 18.9 Å². The summed E-state index contributed by atoms with van der Waals surface area (Å²) in [4.78, 5) is 12.1. The molecule has 0 radical (unpaired) electrons. The Morgan fingerprint density at radius 2 is 1.83 bits per heavy atom. The van der Waals surface area contributed by atoms with Crippen LogP contribution in [0.15, 0.2) is 18.2 Å². The molecular weight excluding hydrogens is 372 g/mol. The lowest BCUT2D eigenvalue weighted by molar-refractivity contribution is -0.571. The highest BCUT2D eigenvalue weighted by Crippen LogP contribution is 2.62. The van der Waals surface area contributed by atoms with E-state index in [1.54, 1.807) is 14.2 Å². The van der Waals surface area contributed by atoms with Crippen LogP contribution < -0.4 is 9.47 Å². The molecule has 29 heavy (non-hydrogen) atoms. The summed E-state index contributed by atoms with van der Waals surface area (Å²) in [6.07, 6.45) is 3.54. The molecule has 4 aliphatic heterocycles. The molecule has 0 amide bonds. The fraction of sp³-hybridized carbons (Fsp3) is 0.739. The largest absolute Gasteiger partial charge is 0.497 e. The smallest absolute Gasteiger partial charge is 0.201 e. The van der Waals surface area contributed by atoms with Gasteiger partial charge in [-0.05, 0) is 56.1 Å². The fourth-order valence-corrected chi connectivity index (χ4v) is 6.31. The number of fused-ring (bicyclic) bond motifs is 2. The zero-order valence-electron chi connectivity index (χ0n) is 18.0. The van der Waals surface area contributed by atoms with Crippen molar-refractivity contribution in [2.24, 2.45) is 23.7 Å².